The van der Waals surface area contributed by atoms with Gasteiger partial charge in [-0.1, -0.05) is 6.92 Å². The maximum atomic E-state index is 11.2. The minimum absolute atomic E-state index is 0.214. The molecule has 2 amide bonds. The zero-order valence-corrected chi connectivity index (χ0v) is 8.41. The summed E-state index contributed by atoms with van der Waals surface area (Å²) in [5, 5.41) is 13.6. The molecular weight excluding hydrogens is 184 g/mol. The van der Waals surface area contributed by atoms with E-state index in [0.717, 1.165) is 12.8 Å². The molecule has 0 bridgehead atoms. The van der Waals surface area contributed by atoms with Crippen LogP contribution in [0.15, 0.2) is 0 Å². The lowest BCUT2D eigenvalue weighted by molar-refractivity contribution is -0.138. The zero-order valence-electron chi connectivity index (χ0n) is 8.41. The van der Waals surface area contributed by atoms with E-state index in [2.05, 4.69) is 17.6 Å². The third-order valence-electron chi connectivity index (χ3n) is 2.43. The number of nitrogens with one attached hydrogen (secondary N) is 2. The molecule has 1 aliphatic carbocycles. The first-order valence-electron chi connectivity index (χ1n) is 4.79. The Hall–Kier alpha value is -1.26. The third-order valence-corrected chi connectivity index (χ3v) is 2.43. The van der Waals surface area contributed by atoms with E-state index in [-0.39, 0.29) is 6.04 Å². The highest BCUT2D eigenvalue weighted by molar-refractivity contribution is 5.82. The normalized spacial score (nSPS) is 27.3. The predicted molar refractivity (Wildman–Crippen MR) is 51.0 cm³/mol. The molecule has 1 atom stereocenters. The molecule has 0 heterocycles. The van der Waals surface area contributed by atoms with Gasteiger partial charge >= 0.3 is 12.0 Å². The first kappa shape index (κ1) is 10.8. The molecular formula is C9H16N2O3. The quantitative estimate of drug-likeness (QED) is 0.622. The molecule has 1 rings (SSSR count). The monoisotopic (exact) mass is 200 g/mol. The molecule has 0 aromatic carbocycles. The van der Waals surface area contributed by atoms with Crippen LogP contribution in [-0.4, -0.2) is 29.2 Å². The number of carbonyl (C=O) groups excluding carboxylic acids is 1. The maximum Gasteiger partial charge on any atom is 0.325 e. The van der Waals surface area contributed by atoms with Crippen LogP contribution in [0.2, 0.25) is 0 Å². The summed E-state index contributed by atoms with van der Waals surface area (Å²) in [6.07, 6.45) is 1.96. The lowest BCUT2D eigenvalue weighted by Crippen LogP contribution is -2.51. The van der Waals surface area contributed by atoms with Crippen LogP contribution in [0.3, 0.4) is 0 Å². The van der Waals surface area contributed by atoms with Crippen LogP contribution in [0, 0.1) is 5.92 Å². The lowest BCUT2D eigenvalue weighted by Gasteiger charge is -2.33. The smallest absolute Gasteiger partial charge is 0.325 e. The molecule has 0 spiro atoms. The second kappa shape index (κ2) is 4.30. The summed E-state index contributed by atoms with van der Waals surface area (Å²) in [6.45, 7) is 3.56. The second-order valence-corrected chi connectivity index (χ2v) is 3.95. The van der Waals surface area contributed by atoms with E-state index in [9.17, 15) is 9.59 Å². The average Bonchev–Trinajstić information content (AvgIpc) is 2.01. The Morgan fingerprint density at radius 2 is 2.00 bits per heavy atom. The van der Waals surface area contributed by atoms with Crippen LogP contribution in [0.1, 0.15) is 26.7 Å². The third kappa shape index (κ3) is 2.90. The van der Waals surface area contributed by atoms with Gasteiger partial charge < -0.3 is 15.7 Å². The molecule has 0 aromatic rings. The van der Waals surface area contributed by atoms with Crippen LogP contribution in [0.4, 0.5) is 4.79 Å². The van der Waals surface area contributed by atoms with Crippen molar-refractivity contribution in [1.29, 1.82) is 0 Å². The summed E-state index contributed by atoms with van der Waals surface area (Å²) < 4.78 is 0. The molecule has 0 aliphatic heterocycles. The Balaban J connectivity index is 2.19. The summed E-state index contributed by atoms with van der Waals surface area (Å²) in [5.41, 5.74) is 0. The van der Waals surface area contributed by atoms with Crippen LogP contribution >= 0.6 is 0 Å². The Labute approximate surface area is 82.9 Å². The molecule has 1 fully saturated rings. The molecule has 1 saturated carbocycles. The minimum Gasteiger partial charge on any atom is -0.480 e. The highest BCUT2D eigenvalue weighted by atomic mass is 16.4. The highest BCUT2D eigenvalue weighted by Crippen LogP contribution is 2.25. The van der Waals surface area contributed by atoms with Crippen molar-refractivity contribution < 1.29 is 14.7 Å². The highest BCUT2D eigenvalue weighted by Gasteiger charge is 2.27. The summed E-state index contributed by atoms with van der Waals surface area (Å²) in [7, 11) is 0. The Bertz CT molecular complexity index is 236. The van der Waals surface area contributed by atoms with Gasteiger partial charge in [-0.05, 0) is 25.7 Å². The molecule has 0 unspecified atom stereocenters. The number of carboxylic acid groups (broad SMARTS) is 1. The van der Waals surface area contributed by atoms with Crippen molar-refractivity contribution in [3.8, 4) is 0 Å². The number of hydrogen-bond donors (Lipinski definition) is 3. The van der Waals surface area contributed by atoms with E-state index in [1.165, 1.54) is 6.92 Å². The molecule has 80 valence electrons. The minimum atomic E-state index is -1.03. The van der Waals surface area contributed by atoms with Crippen molar-refractivity contribution in [2.75, 3.05) is 0 Å². The fraction of sp³-hybridized carbons (Fsp3) is 0.778. The van der Waals surface area contributed by atoms with Gasteiger partial charge in [-0.15, -0.1) is 0 Å². The van der Waals surface area contributed by atoms with Gasteiger partial charge in [-0.25, -0.2) is 4.79 Å². The zero-order chi connectivity index (χ0) is 10.7. The number of carboxylic acids is 1. The van der Waals surface area contributed by atoms with Gasteiger partial charge in [0.15, 0.2) is 0 Å². The summed E-state index contributed by atoms with van der Waals surface area (Å²) in [6, 6.07) is -1.02. The van der Waals surface area contributed by atoms with E-state index >= 15 is 0 Å². The molecule has 0 radical (unpaired) electrons. The fourth-order valence-corrected chi connectivity index (χ4v) is 1.51. The average molecular weight is 200 g/mol. The molecule has 5 heteroatoms. The molecule has 5 nitrogen and oxygen atoms in total. The van der Waals surface area contributed by atoms with Crippen LogP contribution in [0.5, 0.6) is 0 Å². The van der Waals surface area contributed by atoms with Crippen molar-refractivity contribution in [3.63, 3.8) is 0 Å². The Morgan fingerprint density at radius 3 is 2.43 bits per heavy atom. The van der Waals surface area contributed by atoms with Gasteiger partial charge in [-0.2, -0.15) is 0 Å². The molecule has 0 saturated heterocycles. The van der Waals surface area contributed by atoms with E-state index in [4.69, 9.17) is 5.11 Å². The van der Waals surface area contributed by atoms with Gasteiger partial charge in [0.05, 0.1) is 0 Å². The number of rotatable bonds is 3. The van der Waals surface area contributed by atoms with Crippen molar-refractivity contribution in [2.24, 2.45) is 5.92 Å². The Kier molecular flexibility index (Phi) is 3.33. The van der Waals surface area contributed by atoms with Crippen molar-refractivity contribution in [2.45, 2.75) is 38.8 Å². The van der Waals surface area contributed by atoms with Gasteiger partial charge in [-0.3, -0.25) is 4.79 Å². The number of aliphatic carboxylic acids is 1. The SMILES string of the molecule is CC1CC(NC(=O)N[C@H](C)C(=O)O)C1. The van der Waals surface area contributed by atoms with E-state index in [1.54, 1.807) is 0 Å². The summed E-state index contributed by atoms with van der Waals surface area (Å²) >= 11 is 0. The Morgan fingerprint density at radius 1 is 1.43 bits per heavy atom. The summed E-state index contributed by atoms with van der Waals surface area (Å²) in [4.78, 5) is 21.6. The van der Waals surface area contributed by atoms with Crippen LogP contribution in [0.25, 0.3) is 0 Å². The molecule has 1 aliphatic rings. The first-order valence-corrected chi connectivity index (χ1v) is 4.79. The van der Waals surface area contributed by atoms with E-state index < -0.39 is 18.0 Å². The second-order valence-electron chi connectivity index (χ2n) is 3.95. The largest absolute Gasteiger partial charge is 0.480 e. The molecule has 0 aromatic heterocycles. The first-order chi connectivity index (χ1) is 6.49. The number of urea groups is 1. The van der Waals surface area contributed by atoms with Crippen molar-refractivity contribution in [1.82, 2.24) is 10.6 Å². The van der Waals surface area contributed by atoms with Gasteiger partial charge in [0.1, 0.15) is 6.04 Å². The topological polar surface area (TPSA) is 78.4 Å². The standard InChI is InChI=1S/C9H16N2O3/c1-5-3-7(4-5)11-9(14)10-6(2)8(12)13/h5-7H,3-4H2,1-2H3,(H,12,13)(H2,10,11,14)/t5?,6-,7?/m1/s1. The fourth-order valence-electron chi connectivity index (χ4n) is 1.51. The van der Waals surface area contributed by atoms with Crippen LogP contribution in [-0.2, 0) is 4.79 Å². The van der Waals surface area contributed by atoms with Crippen LogP contribution < -0.4 is 10.6 Å². The molecule has 3 N–H and O–H groups in total. The maximum absolute atomic E-state index is 11.2. The lowest BCUT2D eigenvalue weighted by atomic mass is 9.82. The number of carbonyl (C=O) groups is 2. The van der Waals surface area contributed by atoms with Gasteiger partial charge in [0.25, 0.3) is 0 Å². The number of hydrogen-bond acceptors (Lipinski definition) is 2. The predicted octanol–water partition coefficient (Wildman–Crippen LogP) is 0.557. The van der Waals surface area contributed by atoms with E-state index in [0.29, 0.717) is 5.92 Å². The van der Waals surface area contributed by atoms with Crippen molar-refractivity contribution in [3.05, 3.63) is 0 Å². The van der Waals surface area contributed by atoms with Crippen molar-refractivity contribution >= 4 is 12.0 Å². The summed E-state index contributed by atoms with van der Waals surface area (Å²) in [5.74, 6) is -0.362. The van der Waals surface area contributed by atoms with Gasteiger partial charge in [0, 0.05) is 6.04 Å². The van der Waals surface area contributed by atoms with Gasteiger partial charge in [0.2, 0.25) is 0 Å². The number of amides is 2. The van der Waals surface area contributed by atoms with E-state index in [1.807, 2.05) is 0 Å². The molecule has 14 heavy (non-hydrogen) atoms.